The SMILES string of the molecule is Cc1cc(C(=O)Nc2nnc(SCC(=O)O)s2)c(C)nn1. The maximum atomic E-state index is 12.1. The molecule has 2 aromatic rings. The van der Waals surface area contributed by atoms with Gasteiger partial charge in [0.2, 0.25) is 5.13 Å². The van der Waals surface area contributed by atoms with Crippen molar-refractivity contribution in [2.24, 2.45) is 0 Å². The molecule has 0 bridgehead atoms. The van der Waals surface area contributed by atoms with Crippen LogP contribution in [0.1, 0.15) is 21.7 Å². The number of carbonyl (C=O) groups excluding carboxylic acids is 1. The van der Waals surface area contributed by atoms with Gasteiger partial charge in [-0.2, -0.15) is 10.2 Å². The number of amides is 1. The van der Waals surface area contributed by atoms with Crippen LogP contribution >= 0.6 is 23.1 Å². The van der Waals surface area contributed by atoms with Gasteiger partial charge in [-0.25, -0.2) is 0 Å². The number of hydrogen-bond acceptors (Lipinski definition) is 8. The number of thioether (sulfide) groups is 1. The third-order valence-electron chi connectivity index (χ3n) is 2.29. The van der Waals surface area contributed by atoms with E-state index in [1.165, 1.54) is 0 Å². The second kappa shape index (κ2) is 6.59. The second-order valence-electron chi connectivity index (χ2n) is 3.99. The van der Waals surface area contributed by atoms with Crippen molar-refractivity contribution in [1.82, 2.24) is 20.4 Å². The minimum absolute atomic E-state index is 0.102. The predicted molar refractivity (Wildman–Crippen MR) is 77.7 cm³/mol. The highest BCUT2D eigenvalue weighted by atomic mass is 32.2. The van der Waals surface area contributed by atoms with Crippen molar-refractivity contribution in [3.8, 4) is 0 Å². The Hall–Kier alpha value is -2.07. The van der Waals surface area contributed by atoms with Gasteiger partial charge in [-0.3, -0.25) is 14.9 Å². The molecule has 0 aliphatic heterocycles. The van der Waals surface area contributed by atoms with Crippen molar-refractivity contribution in [2.45, 2.75) is 18.2 Å². The van der Waals surface area contributed by atoms with Crippen molar-refractivity contribution in [1.29, 1.82) is 0 Å². The van der Waals surface area contributed by atoms with E-state index in [0.29, 0.717) is 26.4 Å². The summed E-state index contributed by atoms with van der Waals surface area (Å²) >= 11 is 2.17. The summed E-state index contributed by atoms with van der Waals surface area (Å²) in [5.41, 5.74) is 1.57. The summed E-state index contributed by atoms with van der Waals surface area (Å²) in [4.78, 5) is 22.6. The molecule has 0 saturated carbocycles. The second-order valence-corrected chi connectivity index (χ2v) is 6.19. The Kier molecular flexibility index (Phi) is 4.81. The largest absolute Gasteiger partial charge is 0.481 e. The smallest absolute Gasteiger partial charge is 0.313 e. The molecule has 0 aromatic carbocycles. The van der Waals surface area contributed by atoms with E-state index >= 15 is 0 Å². The fraction of sp³-hybridized carbons (Fsp3) is 0.273. The van der Waals surface area contributed by atoms with Crippen molar-refractivity contribution in [3.63, 3.8) is 0 Å². The van der Waals surface area contributed by atoms with Gasteiger partial charge in [-0.15, -0.1) is 10.2 Å². The summed E-state index contributed by atoms with van der Waals surface area (Å²) in [5.74, 6) is -1.39. The fourth-order valence-corrected chi connectivity index (χ4v) is 2.85. The summed E-state index contributed by atoms with van der Waals surface area (Å²) in [6.07, 6.45) is 0. The summed E-state index contributed by atoms with van der Waals surface area (Å²) in [6, 6.07) is 1.64. The monoisotopic (exact) mass is 325 g/mol. The molecule has 0 saturated heterocycles. The number of nitrogens with one attached hydrogen (secondary N) is 1. The van der Waals surface area contributed by atoms with E-state index in [0.717, 1.165) is 23.1 Å². The van der Waals surface area contributed by atoms with Crippen LogP contribution in [0.15, 0.2) is 10.4 Å². The van der Waals surface area contributed by atoms with Crippen LogP contribution in [0.5, 0.6) is 0 Å². The Morgan fingerprint density at radius 2 is 2.05 bits per heavy atom. The number of carbonyl (C=O) groups is 2. The first-order chi connectivity index (χ1) is 9.95. The molecule has 0 aliphatic carbocycles. The topological polar surface area (TPSA) is 118 Å². The Balaban J connectivity index is 2.06. The summed E-state index contributed by atoms with van der Waals surface area (Å²) in [6.45, 7) is 3.43. The maximum absolute atomic E-state index is 12.1. The average Bonchev–Trinajstić information content (AvgIpc) is 2.86. The molecule has 10 heteroatoms. The molecule has 0 unspecified atom stereocenters. The highest BCUT2D eigenvalue weighted by Gasteiger charge is 2.14. The molecule has 2 rings (SSSR count). The minimum atomic E-state index is -0.935. The fourth-order valence-electron chi connectivity index (χ4n) is 1.39. The van der Waals surface area contributed by atoms with E-state index in [-0.39, 0.29) is 11.7 Å². The summed E-state index contributed by atoms with van der Waals surface area (Å²) < 4.78 is 0.480. The molecule has 2 aromatic heterocycles. The number of aromatic nitrogens is 4. The molecule has 0 radical (unpaired) electrons. The van der Waals surface area contributed by atoms with Crippen LogP contribution in [0.25, 0.3) is 0 Å². The molecule has 21 heavy (non-hydrogen) atoms. The van der Waals surface area contributed by atoms with Gasteiger partial charge in [0, 0.05) is 0 Å². The zero-order valence-corrected chi connectivity index (χ0v) is 12.8. The Morgan fingerprint density at radius 3 is 2.76 bits per heavy atom. The van der Waals surface area contributed by atoms with Gasteiger partial charge < -0.3 is 5.11 Å². The van der Waals surface area contributed by atoms with Crippen molar-refractivity contribution in [3.05, 3.63) is 23.0 Å². The number of rotatable bonds is 5. The number of aryl methyl sites for hydroxylation is 2. The van der Waals surface area contributed by atoms with Crippen LogP contribution in [0.4, 0.5) is 5.13 Å². The highest BCUT2D eigenvalue weighted by Crippen LogP contribution is 2.25. The first kappa shape index (κ1) is 15.3. The lowest BCUT2D eigenvalue weighted by Crippen LogP contribution is -2.15. The maximum Gasteiger partial charge on any atom is 0.313 e. The quantitative estimate of drug-likeness (QED) is 0.625. The van der Waals surface area contributed by atoms with Crippen LogP contribution in [0.3, 0.4) is 0 Å². The van der Waals surface area contributed by atoms with Gasteiger partial charge in [0.25, 0.3) is 5.91 Å². The molecule has 2 N–H and O–H groups in total. The lowest BCUT2D eigenvalue weighted by Gasteiger charge is -2.04. The van der Waals surface area contributed by atoms with E-state index in [4.69, 9.17) is 5.11 Å². The minimum Gasteiger partial charge on any atom is -0.481 e. The van der Waals surface area contributed by atoms with Gasteiger partial charge in [0.15, 0.2) is 4.34 Å². The van der Waals surface area contributed by atoms with Crippen LogP contribution in [-0.4, -0.2) is 43.1 Å². The molecule has 0 atom stereocenters. The number of carboxylic acids is 1. The number of nitrogens with zero attached hydrogens (tertiary/aromatic N) is 4. The first-order valence-corrected chi connectivity index (χ1v) is 7.56. The van der Waals surface area contributed by atoms with Gasteiger partial charge in [-0.05, 0) is 19.9 Å². The predicted octanol–water partition coefficient (Wildman–Crippen LogP) is 1.37. The Labute approximate surface area is 128 Å². The van der Waals surface area contributed by atoms with E-state index < -0.39 is 5.97 Å². The van der Waals surface area contributed by atoms with Gasteiger partial charge in [0.05, 0.1) is 22.7 Å². The third-order valence-corrected chi connectivity index (χ3v) is 4.25. The van der Waals surface area contributed by atoms with Crippen LogP contribution in [0, 0.1) is 13.8 Å². The van der Waals surface area contributed by atoms with Gasteiger partial charge >= 0.3 is 5.97 Å². The summed E-state index contributed by atoms with van der Waals surface area (Å²) in [7, 11) is 0. The van der Waals surface area contributed by atoms with Crippen LogP contribution < -0.4 is 5.32 Å². The highest BCUT2D eigenvalue weighted by molar-refractivity contribution is 8.01. The zero-order valence-electron chi connectivity index (χ0n) is 11.2. The molecule has 2 heterocycles. The molecule has 1 amide bonds. The number of hydrogen-bond donors (Lipinski definition) is 2. The standard InChI is InChI=1S/C11H11N5O3S2/c1-5-3-7(6(2)14-13-5)9(19)12-10-15-16-11(21-10)20-4-8(17)18/h3H,4H2,1-2H3,(H,17,18)(H,12,15,19). The van der Waals surface area contributed by atoms with E-state index in [2.05, 4.69) is 25.7 Å². The number of carboxylic acid groups (broad SMARTS) is 1. The lowest BCUT2D eigenvalue weighted by molar-refractivity contribution is -0.133. The van der Waals surface area contributed by atoms with Crippen molar-refractivity contribution >= 4 is 40.1 Å². The lowest BCUT2D eigenvalue weighted by atomic mass is 10.2. The number of anilines is 1. The molecule has 8 nitrogen and oxygen atoms in total. The third kappa shape index (κ3) is 4.20. The molecule has 0 fully saturated rings. The van der Waals surface area contributed by atoms with Crippen molar-refractivity contribution in [2.75, 3.05) is 11.1 Å². The van der Waals surface area contributed by atoms with Gasteiger partial charge in [-0.1, -0.05) is 23.1 Å². The van der Waals surface area contributed by atoms with Crippen LogP contribution in [0.2, 0.25) is 0 Å². The van der Waals surface area contributed by atoms with E-state index in [1.54, 1.807) is 19.9 Å². The van der Waals surface area contributed by atoms with Gasteiger partial charge in [0.1, 0.15) is 0 Å². The average molecular weight is 325 g/mol. The molecule has 0 spiro atoms. The molecular weight excluding hydrogens is 314 g/mol. The number of aliphatic carboxylic acids is 1. The normalized spacial score (nSPS) is 10.4. The van der Waals surface area contributed by atoms with Crippen molar-refractivity contribution < 1.29 is 14.7 Å². The Morgan fingerprint density at radius 1 is 1.29 bits per heavy atom. The molecular formula is C11H11N5O3S2. The van der Waals surface area contributed by atoms with Crippen LogP contribution in [-0.2, 0) is 4.79 Å². The summed E-state index contributed by atoms with van der Waals surface area (Å²) in [5, 5.41) is 26.8. The molecule has 110 valence electrons. The van der Waals surface area contributed by atoms with E-state index in [1.807, 2.05) is 0 Å². The first-order valence-electron chi connectivity index (χ1n) is 5.76. The Bertz CT molecular complexity index is 688. The van der Waals surface area contributed by atoms with E-state index in [9.17, 15) is 9.59 Å². The molecule has 0 aliphatic rings. The zero-order chi connectivity index (χ0) is 15.4.